The average Bonchev–Trinajstić information content (AvgIpc) is 2.93. The van der Waals surface area contributed by atoms with Crippen molar-refractivity contribution in [2.24, 2.45) is 0 Å². The monoisotopic (exact) mass is 270 g/mol. The van der Waals surface area contributed by atoms with Gasteiger partial charge in [0.15, 0.2) is 0 Å². The predicted octanol–water partition coefficient (Wildman–Crippen LogP) is 3.00. The number of aromatic carboxylic acids is 1. The summed E-state index contributed by atoms with van der Waals surface area (Å²) in [6.07, 6.45) is 0.879. The first-order valence-corrected chi connectivity index (χ1v) is 6.36. The summed E-state index contributed by atoms with van der Waals surface area (Å²) in [5, 5.41) is 9.11. The van der Waals surface area contributed by atoms with E-state index in [-0.39, 0.29) is 5.56 Å². The molecule has 0 spiro atoms. The summed E-state index contributed by atoms with van der Waals surface area (Å²) in [6, 6.07) is 10.7. The highest BCUT2D eigenvalue weighted by atomic mass is 16.5. The van der Waals surface area contributed by atoms with Crippen molar-refractivity contribution in [1.82, 2.24) is 0 Å². The van der Waals surface area contributed by atoms with Crippen molar-refractivity contribution in [2.75, 3.05) is 13.7 Å². The molecule has 2 aromatic carbocycles. The van der Waals surface area contributed by atoms with Crippen molar-refractivity contribution in [3.63, 3.8) is 0 Å². The second kappa shape index (κ2) is 4.89. The van der Waals surface area contributed by atoms with Crippen molar-refractivity contribution in [3.8, 4) is 22.6 Å². The normalized spacial score (nSPS) is 12.7. The van der Waals surface area contributed by atoms with Gasteiger partial charge in [0, 0.05) is 12.0 Å². The van der Waals surface area contributed by atoms with Crippen LogP contribution in [0, 0.1) is 0 Å². The molecule has 0 atom stereocenters. The minimum atomic E-state index is -0.946. The first kappa shape index (κ1) is 12.5. The van der Waals surface area contributed by atoms with E-state index in [0.29, 0.717) is 12.4 Å². The number of ether oxygens (including phenoxy) is 2. The van der Waals surface area contributed by atoms with Crippen molar-refractivity contribution >= 4 is 5.97 Å². The lowest BCUT2D eigenvalue weighted by Crippen LogP contribution is -1.98. The Morgan fingerprint density at radius 3 is 2.85 bits per heavy atom. The molecule has 0 unspecified atom stereocenters. The molecular formula is C16H14O4. The first-order chi connectivity index (χ1) is 9.69. The number of carbonyl (C=O) groups is 1. The lowest BCUT2D eigenvalue weighted by atomic mass is 9.99. The van der Waals surface area contributed by atoms with Crippen molar-refractivity contribution in [3.05, 3.63) is 47.5 Å². The Hall–Kier alpha value is -2.49. The van der Waals surface area contributed by atoms with Gasteiger partial charge in [0.1, 0.15) is 11.5 Å². The minimum Gasteiger partial charge on any atom is -0.496 e. The molecule has 0 aromatic heterocycles. The lowest BCUT2D eigenvalue weighted by Gasteiger charge is -2.11. The molecule has 4 heteroatoms. The maximum Gasteiger partial charge on any atom is 0.335 e. The van der Waals surface area contributed by atoms with Gasteiger partial charge in [-0.25, -0.2) is 4.79 Å². The Bertz CT molecular complexity index is 676. The Morgan fingerprint density at radius 2 is 2.10 bits per heavy atom. The fourth-order valence-corrected chi connectivity index (χ4v) is 2.42. The second-order valence-electron chi connectivity index (χ2n) is 4.64. The molecular weight excluding hydrogens is 256 g/mol. The van der Waals surface area contributed by atoms with E-state index in [9.17, 15) is 4.79 Å². The maximum absolute atomic E-state index is 11.1. The van der Waals surface area contributed by atoms with E-state index < -0.39 is 5.97 Å². The maximum atomic E-state index is 11.1. The van der Waals surface area contributed by atoms with Crippen LogP contribution in [0.2, 0.25) is 0 Å². The number of hydrogen-bond donors (Lipinski definition) is 1. The predicted molar refractivity (Wildman–Crippen MR) is 74.6 cm³/mol. The highest BCUT2D eigenvalue weighted by molar-refractivity contribution is 5.90. The third-order valence-corrected chi connectivity index (χ3v) is 3.45. The Labute approximate surface area is 116 Å². The molecule has 4 nitrogen and oxygen atoms in total. The van der Waals surface area contributed by atoms with Crippen molar-refractivity contribution < 1.29 is 19.4 Å². The Morgan fingerprint density at radius 1 is 1.25 bits per heavy atom. The molecule has 1 aliphatic heterocycles. The highest BCUT2D eigenvalue weighted by Crippen LogP contribution is 2.35. The molecule has 0 fully saturated rings. The fourth-order valence-electron chi connectivity index (χ4n) is 2.42. The van der Waals surface area contributed by atoms with E-state index in [1.807, 2.05) is 18.2 Å². The quantitative estimate of drug-likeness (QED) is 0.931. The molecule has 0 bridgehead atoms. The van der Waals surface area contributed by atoms with Gasteiger partial charge < -0.3 is 14.6 Å². The van der Waals surface area contributed by atoms with Crippen molar-refractivity contribution in [2.45, 2.75) is 6.42 Å². The summed E-state index contributed by atoms with van der Waals surface area (Å²) in [5.74, 6) is 0.620. The fraction of sp³-hybridized carbons (Fsp3) is 0.188. The zero-order valence-electron chi connectivity index (χ0n) is 11.1. The number of methoxy groups -OCH3 is 1. The molecule has 0 saturated carbocycles. The molecule has 0 radical (unpaired) electrons. The molecule has 3 rings (SSSR count). The molecule has 0 aliphatic carbocycles. The van der Waals surface area contributed by atoms with Gasteiger partial charge in [-0.05, 0) is 41.5 Å². The largest absolute Gasteiger partial charge is 0.496 e. The van der Waals surface area contributed by atoms with E-state index in [1.165, 1.54) is 0 Å². The number of fused-ring (bicyclic) bond motifs is 1. The van der Waals surface area contributed by atoms with Gasteiger partial charge in [0.2, 0.25) is 0 Å². The zero-order valence-corrected chi connectivity index (χ0v) is 11.1. The van der Waals surface area contributed by atoms with Gasteiger partial charge >= 0.3 is 5.97 Å². The molecule has 102 valence electrons. The van der Waals surface area contributed by atoms with E-state index in [0.717, 1.165) is 28.9 Å². The van der Waals surface area contributed by atoms with Crippen LogP contribution in [-0.4, -0.2) is 24.8 Å². The third kappa shape index (κ3) is 2.09. The summed E-state index contributed by atoms with van der Waals surface area (Å²) in [7, 11) is 1.58. The molecule has 1 heterocycles. The van der Waals surface area contributed by atoms with Crippen LogP contribution in [0.1, 0.15) is 15.9 Å². The van der Waals surface area contributed by atoms with E-state index in [2.05, 4.69) is 0 Å². The number of rotatable bonds is 3. The Kier molecular flexibility index (Phi) is 3.06. The lowest BCUT2D eigenvalue weighted by molar-refractivity contribution is 0.0697. The van der Waals surface area contributed by atoms with Crippen LogP contribution in [0.5, 0.6) is 11.5 Å². The highest BCUT2D eigenvalue weighted by Gasteiger charge is 2.15. The van der Waals surface area contributed by atoms with Crippen LogP contribution in [0.15, 0.2) is 36.4 Å². The molecule has 1 aliphatic rings. The molecule has 2 aromatic rings. The van der Waals surface area contributed by atoms with Gasteiger partial charge in [-0.3, -0.25) is 0 Å². The summed E-state index contributed by atoms with van der Waals surface area (Å²) >= 11 is 0. The summed E-state index contributed by atoms with van der Waals surface area (Å²) in [5.41, 5.74) is 3.11. The van der Waals surface area contributed by atoms with Crippen LogP contribution in [0.25, 0.3) is 11.1 Å². The number of carboxylic acids is 1. The number of benzene rings is 2. The third-order valence-electron chi connectivity index (χ3n) is 3.45. The SMILES string of the molecule is COc1ccc(C(=O)O)cc1-c1ccc2c(c1)CCO2. The van der Waals surface area contributed by atoms with Crippen LogP contribution in [0.4, 0.5) is 0 Å². The van der Waals surface area contributed by atoms with Gasteiger partial charge in [-0.2, -0.15) is 0 Å². The van der Waals surface area contributed by atoms with Crippen LogP contribution in [-0.2, 0) is 6.42 Å². The number of carboxylic acid groups (broad SMARTS) is 1. The summed E-state index contributed by atoms with van der Waals surface area (Å²) < 4.78 is 10.8. The van der Waals surface area contributed by atoms with E-state index in [1.54, 1.807) is 25.3 Å². The molecule has 20 heavy (non-hydrogen) atoms. The van der Waals surface area contributed by atoms with E-state index >= 15 is 0 Å². The molecule has 0 amide bonds. The molecule has 1 N–H and O–H groups in total. The number of hydrogen-bond acceptors (Lipinski definition) is 3. The topological polar surface area (TPSA) is 55.8 Å². The van der Waals surface area contributed by atoms with E-state index in [4.69, 9.17) is 14.6 Å². The average molecular weight is 270 g/mol. The van der Waals surface area contributed by atoms with Crippen LogP contribution >= 0.6 is 0 Å². The van der Waals surface area contributed by atoms with Crippen LogP contribution < -0.4 is 9.47 Å². The van der Waals surface area contributed by atoms with Crippen molar-refractivity contribution in [1.29, 1.82) is 0 Å². The molecule has 0 saturated heterocycles. The van der Waals surface area contributed by atoms with Crippen LogP contribution in [0.3, 0.4) is 0 Å². The standard InChI is InChI=1S/C16H14O4/c1-19-15-5-3-12(16(17)18)9-13(15)10-2-4-14-11(8-10)6-7-20-14/h2-5,8-9H,6-7H2,1H3,(H,17,18). The van der Waals surface area contributed by atoms with Gasteiger partial charge in [0.25, 0.3) is 0 Å². The second-order valence-corrected chi connectivity index (χ2v) is 4.64. The smallest absolute Gasteiger partial charge is 0.335 e. The Balaban J connectivity index is 2.12. The van der Waals surface area contributed by atoms with Gasteiger partial charge in [0.05, 0.1) is 19.3 Å². The summed E-state index contributed by atoms with van der Waals surface area (Å²) in [6.45, 7) is 0.699. The van der Waals surface area contributed by atoms with Gasteiger partial charge in [-0.15, -0.1) is 0 Å². The van der Waals surface area contributed by atoms with Gasteiger partial charge in [-0.1, -0.05) is 6.07 Å². The minimum absolute atomic E-state index is 0.248. The summed E-state index contributed by atoms with van der Waals surface area (Å²) in [4.78, 5) is 11.1. The first-order valence-electron chi connectivity index (χ1n) is 6.36. The zero-order chi connectivity index (χ0) is 14.1.